The molecule has 3 aliphatic rings. The van der Waals surface area contributed by atoms with E-state index in [9.17, 15) is 71.7 Å². The monoisotopic (exact) mass is 1630 g/mol. The minimum atomic E-state index is -3.88. The van der Waals surface area contributed by atoms with E-state index in [0.29, 0.717) is 85.1 Å². The van der Waals surface area contributed by atoms with Crippen molar-refractivity contribution in [2.75, 3.05) is 79.9 Å². The number of aryl methyl sites for hydroxylation is 5. The number of anilines is 1. The van der Waals surface area contributed by atoms with Gasteiger partial charge >= 0.3 is 11.7 Å². The van der Waals surface area contributed by atoms with Crippen LogP contribution >= 0.6 is 0 Å². The lowest BCUT2D eigenvalue weighted by Crippen LogP contribution is -2.44. The number of esters is 1. The maximum absolute atomic E-state index is 13.0. The number of hydrogen-bond acceptors (Lipinski definition) is 29. The number of rotatable bonds is 22. The number of ether oxygens (including phenoxy) is 6. The molecule has 0 radical (unpaired) electrons. The number of sulfonamides is 1. The first-order chi connectivity index (χ1) is 55.2. The second-order valence-electron chi connectivity index (χ2n) is 26.4. The van der Waals surface area contributed by atoms with Crippen molar-refractivity contribution >= 4 is 85.2 Å². The number of para-hydroxylation sites is 1. The Morgan fingerprint density at radius 3 is 1.97 bits per heavy atom. The summed E-state index contributed by atoms with van der Waals surface area (Å²) >= 11 is 0. The first kappa shape index (κ1) is 87.5. The average molecular weight is 1630 g/mol. The highest BCUT2D eigenvalue weighted by molar-refractivity contribution is 7.89. The van der Waals surface area contributed by atoms with Crippen molar-refractivity contribution in [2.24, 2.45) is 7.05 Å². The number of hydrogen-bond donors (Lipinski definition) is 1. The fraction of sp³-hybridized carbons (Fsp3) is 0.329. The van der Waals surface area contributed by atoms with Crippen molar-refractivity contribution in [3.63, 3.8) is 0 Å². The van der Waals surface area contributed by atoms with Crippen LogP contribution in [0.5, 0.6) is 17.2 Å². The molecule has 8 aromatic heterocycles. The molecule has 10 heterocycles. The maximum Gasteiger partial charge on any atom is 0.356 e. The molecular formula is C79H85N16O21S-3. The number of Topliss-reactive ketones (excluding diaryl/α,β-unsaturated/α-hetero) is 3. The number of amides is 1. The molecule has 0 bridgehead atoms. The van der Waals surface area contributed by atoms with Gasteiger partial charge in [0.1, 0.15) is 22.2 Å². The molecule has 2 aliphatic heterocycles. The number of carbonyl (C=O) groups is 8. The van der Waals surface area contributed by atoms with Crippen LogP contribution in [0.2, 0.25) is 0 Å². The van der Waals surface area contributed by atoms with Gasteiger partial charge in [-0.05, 0) is 127 Å². The fourth-order valence-corrected chi connectivity index (χ4v) is 14.2. The van der Waals surface area contributed by atoms with Crippen LogP contribution in [0.3, 0.4) is 0 Å². The van der Waals surface area contributed by atoms with Crippen LogP contribution in [0.15, 0.2) is 124 Å². The van der Waals surface area contributed by atoms with E-state index in [1.807, 2.05) is 47.0 Å². The third-order valence-corrected chi connectivity index (χ3v) is 20.6. The fourth-order valence-electron chi connectivity index (χ4n) is 12.6. The minimum absolute atomic E-state index is 0. The number of ketones is 3. The van der Waals surface area contributed by atoms with Crippen LogP contribution < -0.4 is 51.0 Å². The predicted octanol–water partition coefficient (Wildman–Crippen LogP) is 4.08. The van der Waals surface area contributed by atoms with Gasteiger partial charge in [0.05, 0.1) is 134 Å². The smallest absolute Gasteiger partial charge is 0.356 e. The summed E-state index contributed by atoms with van der Waals surface area (Å²) in [6.45, 7) is 17.7. The highest BCUT2D eigenvalue weighted by Gasteiger charge is 2.37. The van der Waals surface area contributed by atoms with E-state index in [2.05, 4.69) is 47.2 Å². The van der Waals surface area contributed by atoms with Crippen molar-refractivity contribution in [1.29, 1.82) is 0 Å². The summed E-state index contributed by atoms with van der Waals surface area (Å²) in [5, 5.41) is 53.2. The van der Waals surface area contributed by atoms with Gasteiger partial charge in [0.2, 0.25) is 15.8 Å². The molecule has 1 N–H and O–H groups in total. The number of pyridine rings is 1. The van der Waals surface area contributed by atoms with Crippen LogP contribution in [0.1, 0.15) is 156 Å². The van der Waals surface area contributed by atoms with Crippen molar-refractivity contribution in [1.82, 2.24) is 72.5 Å². The molecule has 11 aromatic rings. The Bertz CT molecular complexity index is 5980. The summed E-state index contributed by atoms with van der Waals surface area (Å²) in [5.41, 5.74) is 6.51. The van der Waals surface area contributed by atoms with E-state index in [-0.39, 0.29) is 122 Å². The van der Waals surface area contributed by atoms with E-state index in [4.69, 9.17) is 28.4 Å². The quantitative estimate of drug-likeness (QED) is 0.0567. The molecule has 2 fully saturated rings. The molecule has 0 spiro atoms. The van der Waals surface area contributed by atoms with Gasteiger partial charge in [0.25, 0.3) is 11.5 Å². The van der Waals surface area contributed by atoms with Gasteiger partial charge in [-0.15, -0.1) is 0 Å². The zero-order valence-corrected chi connectivity index (χ0v) is 66.3. The van der Waals surface area contributed by atoms with Gasteiger partial charge in [0.15, 0.2) is 45.8 Å². The lowest BCUT2D eigenvalue weighted by molar-refractivity contribution is -0.306. The Labute approximate surface area is 669 Å². The Hall–Kier alpha value is -13.5. The van der Waals surface area contributed by atoms with E-state index < -0.39 is 57.6 Å². The molecule has 1 aliphatic carbocycles. The van der Waals surface area contributed by atoms with Gasteiger partial charge in [-0.1, -0.05) is 32.2 Å². The SMILES string of the molecule is C.C=C1NC(=O)c2c(C(=O)[O-])cc(C3CC3)nc2N1CCCOC.CCn1nccc1-c1cc(C(=O)[O-])n2ncc(C(C)=O)c2n1.COC(=O)c1cc(-c2cn(C)nc2C)nc2cc(C(C)=O)nn12.COc1c(C(C)=O)cc(S(=O)(=O)N2CCOCC2)c(OC)c1OC.Cc1ccc(-n2c(=O)c3ccccc3n(CC(=O)[O-])c2=O)cc1C. The molecule has 1 amide bonds. The standard InChI is InChI=1S/C18H16N2O4.C16H19N3O4.C15H15N5O3.C15H21NO7S.C14H13N5O3.CH4/c1-11-7-8-13(9-12(11)2)20-17(23)14-5-3-4-6-15(14)19(18(20)24)10-16(21)22;1-9-17-15(20)13-11(16(21)22)8-12(10-4-5-10)18-14(13)19(9)6-3-7-23-2;1-8-10(7-19(3)17-8)12-5-13(15(22)23-4)20-14(16-12)6-11(18-20)9(2)21;1-10(17)11-9-12(14(21-3)15(22-4)13(11)20-2)24(18,19)16-5-7-23-8-6-16;1-3-18-11(4-5-15-18)10-6-12(14(21)22)19-13(17-10)9(7-16-19)8(2)20;/h3-9H,10H2,1-2H3,(H,21,22);8,10H,1,3-7H2,2H3,(H,17,20)(H,21,22);5-7H,1-4H3;9H,5-8H2,1-4H3;4-7H,3H2,1-2H3,(H,21,22);1H4/p-3. The van der Waals surface area contributed by atoms with Crippen molar-refractivity contribution < 1.29 is 90.5 Å². The molecule has 616 valence electrons. The van der Waals surface area contributed by atoms with Crippen LogP contribution in [0.25, 0.3) is 50.5 Å². The van der Waals surface area contributed by atoms with Gasteiger partial charge in [-0.25, -0.2) is 46.6 Å². The van der Waals surface area contributed by atoms with Gasteiger partial charge < -0.3 is 68.3 Å². The van der Waals surface area contributed by atoms with E-state index in [1.165, 1.54) is 82.4 Å². The Balaban J connectivity index is 0.000000167. The first-order valence-corrected chi connectivity index (χ1v) is 37.3. The third kappa shape index (κ3) is 18.7. The molecular weight excluding hydrogens is 1540 g/mol. The summed E-state index contributed by atoms with van der Waals surface area (Å²) in [5.74, 6) is -4.80. The van der Waals surface area contributed by atoms with Gasteiger partial charge in [-0.2, -0.15) is 24.7 Å². The molecule has 3 aromatic carbocycles. The Kier molecular flexibility index (Phi) is 27.8. The summed E-state index contributed by atoms with van der Waals surface area (Å²) in [6, 6.07) is 20.6. The number of carbonyl (C=O) groups excluding carboxylic acids is 8. The number of benzene rings is 3. The lowest BCUT2D eigenvalue weighted by Gasteiger charge is -2.33. The van der Waals surface area contributed by atoms with Crippen molar-refractivity contribution in [3.05, 3.63) is 193 Å². The number of nitrogens with zero attached hydrogens (tertiary/aromatic N) is 15. The number of aliphatic carboxylic acids is 1. The summed E-state index contributed by atoms with van der Waals surface area (Å²) in [7, 11) is 4.90. The lowest BCUT2D eigenvalue weighted by atomic mass is 10.0. The van der Waals surface area contributed by atoms with Crippen LogP contribution in [-0.4, -0.2) is 198 Å². The van der Waals surface area contributed by atoms with Gasteiger partial charge in [0, 0.05) is 95.1 Å². The zero-order chi connectivity index (χ0) is 84.5. The minimum Gasteiger partial charge on any atom is -0.548 e. The third-order valence-electron chi connectivity index (χ3n) is 18.7. The number of carboxylic acid groups (broad SMARTS) is 3. The van der Waals surface area contributed by atoms with Crippen LogP contribution in [0.4, 0.5) is 5.82 Å². The highest BCUT2D eigenvalue weighted by atomic mass is 32.2. The molecule has 1 saturated carbocycles. The normalized spacial score (nSPS) is 13.1. The number of aromatic carboxylic acids is 2. The second-order valence-corrected chi connectivity index (χ2v) is 28.3. The molecule has 0 unspecified atom stereocenters. The molecule has 38 heteroatoms. The topological polar surface area (TPSA) is 467 Å². The molecule has 1 saturated heterocycles. The van der Waals surface area contributed by atoms with Gasteiger partial charge in [-0.3, -0.25) is 37.9 Å². The Morgan fingerprint density at radius 2 is 1.39 bits per heavy atom. The predicted molar refractivity (Wildman–Crippen MR) is 417 cm³/mol. The number of nitrogens with one attached hydrogen (secondary N) is 1. The molecule has 37 nitrogen and oxygen atoms in total. The number of methoxy groups -OCH3 is 5. The number of carboxylic acids is 3. The maximum atomic E-state index is 13.0. The molecule has 0 atom stereocenters. The van der Waals surface area contributed by atoms with Crippen LogP contribution in [-0.2, 0) is 49.2 Å². The second kappa shape index (κ2) is 37.2. The molecule has 14 rings (SSSR count). The summed E-state index contributed by atoms with van der Waals surface area (Å²) in [6.07, 6.45) is 7.38. The number of aromatic nitrogens is 13. The van der Waals surface area contributed by atoms with E-state index in [1.54, 1.807) is 82.2 Å². The summed E-state index contributed by atoms with van der Waals surface area (Å²) < 4.78 is 65.9. The highest BCUT2D eigenvalue weighted by Crippen LogP contribution is 2.46. The molecule has 117 heavy (non-hydrogen) atoms. The Morgan fingerprint density at radius 1 is 0.718 bits per heavy atom. The first-order valence-electron chi connectivity index (χ1n) is 35.8. The van der Waals surface area contributed by atoms with Crippen molar-refractivity contribution in [3.8, 4) is 45.6 Å². The van der Waals surface area contributed by atoms with Crippen molar-refractivity contribution in [2.45, 2.75) is 99.1 Å². The average Bonchev–Trinajstić information content (AvgIpc) is 1.74. The number of fused-ring (bicyclic) bond motifs is 4. The van der Waals surface area contributed by atoms with Crippen LogP contribution in [0, 0.1) is 20.8 Å². The van der Waals surface area contributed by atoms with E-state index >= 15 is 0 Å². The largest absolute Gasteiger partial charge is 0.548 e. The van der Waals surface area contributed by atoms with E-state index in [0.717, 1.165) is 48.9 Å². The summed E-state index contributed by atoms with van der Waals surface area (Å²) in [4.78, 5) is 134. The number of morpholine rings is 1. The zero-order valence-electron chi connectivity index (χ0n) is 65.5.